The van der Waals surface area contributed by atoms with Gasteiger partial charge in [-0.3, -0.25) is 4.79 Å². The van der Waals surface area contributed by atoms with Crippen LogP contribution in [0, 0.1) is 5.92 Å². The van der Waals surface area contributed by atoms with Gasteiger partial charge in [-0.15, -0.1) is 0 Å². The second-order valence-corrected chi connectivity index (χ2v) is 6.56. The van der Waals surface area contributed by atoms with Crippen LogP contribution in [0.3, 0.4) is 0 Å². The van der Waals surface area contributed by atoms with Crippen molar-refractivity contribution in [3.63, 3.8) is 0 Å². The lowest BCUT2D eigenvalue weighted by Crippen LogP contribution is -2.51. The molecule has 0 aromatic carbocycles. The molecule has 0 aliphatic carbocycles. The summed E-state index contributed by atoms with van der Waals surface area (Å²) in [5.74, 6) is 0.556. The summed E-state index contributed by atoms with van der Waals surface area (Å²) in [5.41, 5.74) is 4.87. The van der Waals surface area contributed by atoms with E-state index in [1.54, 1.807) is 7.05 Å². The molecule has 3 N–H and O–H groups in total. The predicted molar refractivity (Wildman–Crippen MR) is 83.6 cm³/mol. The van der Waals surface area contributed by atoms with E-state index in [0.29, 0.717) is 0 Å². The summed E-state index contributed by atoms with van der Waals surface area (Å²) in [7, 11) is 6.18. The maximum atomic E-state index is 11.4. The van der Waals surface area contributed by atoms with E-state index in [2.05, 4.69) is 29.2 Å². The van der Waals surface area contributed by atoms with E-state index >= 15 is 0 Å². The largest absolute Gasteiger partial charge is 0.368 e. The molecule has 1 rings (SSSR count). The lowest BCUT2D eigenvalue weighted by atomic mass is 9.94. The normalized spacial score (nSPS) is 21.1. The Morgan fingerprint density at radius 1 is 1.45 bits per heavy atom. The molecule has 5 nitrogen and oxygen atoms in total. The Bertz CT molecular complexity index is 302. The van der Waals surface area contributed by atoms with Crippen LogP contribution in [0.1, 0.15) is 32.6 Å². The highest BCUT2D eigenvalue weighted by molar-refractivity contribution is 5.84. The third-order valence-electron chi connectivity index (χ3n) is 4.72. The molecule has 0 bridgehead atoms. The predicted octanol–water partition coefficient (Wildman–Crippen LogP) is 0.504. The molecule has 0 spiro atoms. The van der Waals surface area contributed by atoms with Crippen molar-refractivity contribution >= 4 is 5.91 Å². The van der Waals surface area contributed by atoms with Crippen LogP contribution in [0.2, 0.25) is 0 Å². The number of likely N-dealkylation sites (tertiary alicyclic amines) is 1. The van der Waals surface area contributed by atoms with Crippen LogP contribution >= 0.6 is 0 Å². The Morgan fingerprint density at radius 3 is 2.55 bits per heavy atom. The van der Waals surface area contributed by atoms with Gasteiger partial charge in [0.25, 0.3) is 0 Å². The lowest BCUT2D eigenvalue weighted by Gasteiger charge is -2.32. The number of nitrogens with two attached hydrogens (primary N) is 1. The van der Waals surface area contributed by atoms with Crippen molar-refractivity contribution in [3.05, 3.63) is 0 Å². The van der Waals surface area contributed by atoms with Crippen LogP contribution in [0.4, 0.5) is 0 Å². The molecule has 20 heavy (non-hydrogen) atoms. The Hall–Kier alpha value is -0.650. The van der Waals surface area contributed by atoms with Crippen molar-refractivity contribution in [1.82, 2.24) is 15.1 Å². The van der Waals surface area contributed by atoms with E-state index in [4.69, 9.17) is 5.73 Å². The monoisotopic (exact) mass is 284 g/mol. The summed E-state index contributed by atoms with van der Waals surface area (Å²) in [5, 5.41) is 3.04. The number of amides is 1. The van der Waals surface area contributed by atoms with Crippen LogP contribution in [-0.4, -0.2) is 68.6 Å². The Kier molecular flexibility index (Phi) is 6.92. The highest BCUT2D eigenvalue weighted by Crippen LogP contribution is 2.17. The summed E-state index contributed by atoms with van der Waals surface area (Å²) in [4.78, 5) is 16.2. The zero-order valence-electron chi connectivity index (χ0n) is 13.6. The fraction of sp³-hybridized carbons (Fsp3) is 0.933. The number of nitrogens with one attached hydrogen (secondary N) is 1. The number of hydrogen-bond donors (Lipinski definition) is 2. The molecule has 0 aromatic heterocycles. The fourth-order valence-electron chi connectivity index (χ4n) is 2.85. The number of likely N-dealkylation sites (N-methyl/N-ethyl adjacent to an activating group) is 1. The van der Waals surface area contributed by atoms with Gasteiger partial charge < -0.3 is 20.9 Å². The number of primary amides is 1. The highest BCUT2D eigenvalue weighted by Gasteiger charge is 2.28. The molecule has 1 saturated heterocycles. The van der Waals surface area contributed by atoms with Gasteiger partial charge in [-0.25, -0.2) is 0 Å². The highest BCUT2D eigenvalue weighted by atomic mass is 16.1. The van der Waals surface area contributed by atoms with Gasteiger partial charge in [0.05, 0.1) is 5.54 Å². The summed E-state index contributed by atoms with van der Waals surface area (Å²) < 4.78 is 0. The fourth-order valence-corrected chi connectivity index (χ4v) is 2.85. The number of piperidine rings is 1. The first-order valence-corrected chi connectivity index (χ1v) is 7.73. The first-order chi connectivity index (χ1) is 9.37. The first kappa shape index (κ1) is 17.4. The minimum atomic E-state index is -0.575. The number of hydrogen-bond acceptors (Lipinski definition) is 4. The summed E-state index contributed by atoms with van der Waals surface area (Å²) >= 11 is 0. The molecule has 0 aromatic rings. The van der Waals surface area contributed by atoms with Gasteiger partial charge in [0.15, 0.2) is 0 Å². The smallest absolute Gasteiger partial charge is 0.237 e. The lowest BCUT2D eigenvalue weighted by molar-refractivity contribution is -0.123. The van der Waals surface area contributed by atoms with Crippen molar-refractivity contribution in [2.24, 2.45) is 11.7 Å². The second kappa shape index (κ2) is 7.96. The van der Waals surface area contributed by atoms with Gasteiger partial charge in [-0.1, -0.05) is 0 Å². The van der Waals surface area contributed by atoms with Crippen molar-refractivity contribution < 1.29 is 4.79 Å². The zero-order chi connectivity index (χ0) is 15.2. The van der Waals surface area contributed by atoms with Crippen LogP contribution in [0.5, 0.6) is 0 Å². The minimum Gasteiger partial charge on any atom is -0.368 e. The molecule has 0 radical (unpaired) electrons. The van der Waals surface area contributed by atoms with Crippen LogP contribution in [-0.2, 0) is 4.79 Å². The minimum absolute atomic E-state index is 0.266. The van der Waals surface area contributed by atoms with E-state index in [1.807, 2.05) is 6.92 Å². The van der Waals surface area contributed by atoms with Crippen LogP contribution in [0.25, 0.3) is 0 Å². The van der Waals surface area contributed by atoms with Gasteiger partial charge in [-0.2, -0.15) is 0 Å². The van der Waals surface area contributed by atoms with Gasteiger partial charge in [0.1, 0.15) is 0 Å². The Labute approximate surface area is 123 Å². The molecule has 0 saturated carbocycles. The van der Waals surface area contributed by atoms with E-state index < -0.39 is 5.54 Å². The Balaban J connectivity index is 2.23. The SMILES string of the molecule is CNC(C)(CCCN(C)CC1CCN(C)CC1)C(N)=O. The molecule has 5 heteroatoms. The molecule has 1 atom stereocenters. The van der Waals surface area contributed by atoms with Crippen molar-refractivity contribution in [2.45, 2.75) is 38.1 Å². The number of nitrogens with zero attached hydrogens (tertiary/aromatic N) is 2. The molecule has 118 valence electrons. The zero-order valence-corrected chi connectivity index (χ0v) is 13.6. The van der Waals surface area contributed by atoms with Crippen molar-refractivity contribution in [1.29, 1.82) is 0 Å². The third kappa shape index (κ3) is 5.38. The maximum absolute atomic E-state index is 11.4. The summed E-state index contributed by atoms with van der Waals surface area (Å²) in [6.45, 7) is 6.51. The van der Waals surface area contributed by atoms with E-state index in [-0.39, 0.29) is 5.91 Å². The maximum Gasteiger partial charge on any atom is 0.237 e. The van der Waals surface area contributed by atoms with E-state index in [0.717, 1.165) is 25.3 Å². The van der Waals surface area contributed by atoms with Crippen molar-refractivity contribution in [3.8, 4) is 0 Å². The summed E-state index contributed by atoms with van der Waals surface area (Å²) in [6.07, 6.45) is 4.38. The molecule has 1 aliphatic heterocycles. The number of rotatable bonds is 8. The third-order valence-corrected chi connectivity index (χ3v) is 4.72. The number of carbonyl (C=O) groups excluding carboxylic acids is 1. The molecule has 1 fully saturated rings. The molecule has 1 amide bonds. The average Bonchev–Trinajstić information content (AvgIpc) is 2.41. The molecular weight excluding hydrogens is 252 g/mol. The summed E-state index contributed by atoms with van der Waals surface area (Å²) in [6, 6.07) is 0. The van der Waals surface area contributed by atoms with Gasteiger partial charge >= 0.3 is 0 Å². The number of carbonyl (C=O) groups is 1. The second-order valence-electron chi connectivity index (χ2n) is 6.56. The topological polar surface area (TPSA) is 61.6 Å². The van der Waals surface area contributed by atoms with Gasteiger partial charge in [0, 0.05) is 6.54 Å². The molecule has 1 heterocycles. The first-order valence-electron chi connectivity index (χ1n) is 7.73. The standard InChI is InChI=1S/C15H32N4O/c1-15(17-2,14(16)20)8-5-9-19(4)12-13-6-10-18(3)11-7-13/h13,17H,5-12H2,1-4H3,(H2,16,20). The van der Waals surface area contributed by atoms with Gasteiger partial charge in [-0.05, 0) is 79.3 Å². The van der Waals surface area contributed by atoms with E-state index in [9.17, 15) is 4.79 Å². The van der Waals surface area contributed by atoms with E-state index in [1.165, 1.54) is 32.5 Å². The Morgan fingerprint density at radius 2 is 2.05 bits per heavy atom. The molecular formula is C15H32N4O. The van der Waals surface area contributed by atoms with Crippen LogP contribution < -0.4 is 11.1 Å². The molecule has 1 aliphatic rings. The quantitative estimate of drug-likeness (QED) is 0.681. The van der Waals surface area contributed by atoms with Crippen molar-refractivity contribution in [2.75, 3.05) is 47.3 Å². The van der Waals surface area contributed by atoms with Gasteiger partial charge in [0.2, 0.25) is 5.91 Å². The van der Waals surface area contributed by atoms with Crippen LogP contribution in [0.15, 0.2) is 0 Å². The molecule has 1 unspecified atom stereocenters. The average molecular weight is 284 g/mol.